The van der Waals surface area contributed by atoms with E-state index in [1.807, 2.05) is 18.2 Å². The summed E-state index contributed by atoms with van der Waals surface area (Å²) < 4.78 is 42.0. The van der Waals surface area contributed by atoms with E-state index in [1.165, 1.54) is 4.90 Å². The van der Waals surface area contributed by atoms with Gasteiger partial charge in [-0.1, -0.05) is 44.5 Å². The first kappa shape index (κ1) is 22.7. The molecule has 1 atom stereocenters. The van der Waals surface area contributed by atoms with E-state index >= 15 is 0 Å². The van der Waals surface area contributed by atoms with E-state index in [2.05, 4.69) is 43.4 Å². The summed E-state index contributed by atoms with van der Waals surface area (Å²) in [7, 11) is 1.07. The van der Waals surface area contributed by atoms with Crippen molar-refractivity contribution < 1.29 is 18.0 Å². The lowest BCUT2D eigenvalue weighted by molar-refractivity contribution is -0.128. The van der Waals surface area contributed by atoms with E-state index in [1.54, 1.807) is 6.92 Å². The molecule has 1 aromatic rings. The second-order valence-corrected chi connectivity index (χ2v) is 8.10. The molecule has 9 heteroatoms. The molecule has 1 unspecified atom stereocenters. The third-order valence-corrected chi connectivity index (χ3v) is 5.84. The summed E-state index contributed by atoms with van der Waals surface area (Å²) in [6, 6.07) is 4.69. The van der Waals surface area contributed by atoms with Crippen LogP contribution in [0.1, 0.15) is 25.3 Å². The number of carbonyl (C=O) groups excluding carboxylic acids is 1. The third-order valence-electron chi connectivity index (χ3n) is 4.52. The van der Waals surface area contributed by atoms with E-state index in [-0.39, 0.29) is 6.04 Å². The maximum absolute atomic E-state index is 14.2. The Hall–Kier alpha value is -1.61. The molecular weight excluding hydrogens is 503 g/mol. The predicted octanol–water partition coefficient (Wildman–Crippen LogP) is 5.08. The zero-order valence-electron chi connectivity index (χ0n) is 15.4. The molecule has 1 saturated carbocycles. The molecule has 4 nitrogen and oxygen atoms in total. The highest BCUT2D eigenvalue weighted by Crippen LogP contribution is 2.38. The normalized spacial score (nSPS) is 16.6. The lowest BCUT2D eigenvalue weighted by Gasteiger charge is -2.32. The molecule has 2 N–H and O–H groups in total. The van der Waals surface area contributed by atoms with E-state index in [9.17, 15) is 18.0 Å². The fraction of sp³-hybridized carbons (Fsp3) is 0.368. The number of carbonyl (C=O) groups is 1. The molecule has 0 spiro atoms. The molecule has 0 heterocycles. The van der Waals surface area contributed by atoms with Crippen LogP contribution < -0.4 is 5.73 Å². The highest BCUT2D eigenvalue weighted by atomic mass is 79.9. The minimum Gasteiger partial charge on any atom is -0.397 e. The summed E-state index contributed by atoms with van der Waals surface area (Å²) >= 11 is 6.92. The highest BCUT2D eigenvalue weighted by Gasteiger charge is 2.40. The van der Waals surface area contributed by atoms with Gasteiger partial charge in [0.05, 0.1) is 11.7 Å². The van der Waals surface area contributed by atoms with Gasteiger partial charge >= 0.3 is 0 Å². The Labute approximate surface area is 178 Å². The Morgan fingerprint density at radius 3 is 2.29 bits per heavy atom. The summed E-state index contributed by atoms with van der Waals surface area (Å²) in [6.07, 6.45) is -1.80. The number of hydrogen-bond donors (Lipinski definition) is 1. The molecule has 0 bridgehead atoms. The molecule has 0 saturated heterocycles. The summed E-state index contributed by atoms with van der Waals surface area (Å²) in [6.45, 7) is 5.81. The smallest absolute Gasteiger partial charge is 0.278 e. The van der Waals surface area contributed by atoms with Gasteiger partial charge in [-0.25, -0.2) is 8.78 Å². The second kappa shape index (κ2) is 9.26. The minimum atomic E-state index is -3.18. The largest absolute Gasteiger partial charge is 0.397 e. The maximum Gasteiger partial charge on any atom is 0.278 e. The number of hydrogen-bond acceptors (Lipinski definition) is 3. The van der Waals surface area contributed by atoms with Crippen molar-refractivity contribution in [2.45, 2.75) is 38.3 Å². The Kier molecular flexibility index (Phi) is 7.50. The number of amides is 1. The highest BCUT2D eigenvalue weighted by molar-refractivity contribution is 9.11. The standard InChI is InChI=1S/C19H20Br2F3N3O/c1-9(14-12(20)5-4-6-13(14)21)10(2)27(11-7-8-11)19(28)15(18(24)26-3)16(25)17(22)23/h4-6,10-11,17H,1,7-8,25H2,2-3H3. The van der Waals surface area contributed by atoms with Crippen molar-refractivity contribution in [3.8, 4) is 0 Å². The molecule has 0 radical (unpaired) electrons. The molecule has 1 amide bonds. The number of benzene rings is 1. The first-order valence-electron chi connectivity index (χ1n) is 8.48. The van der Waals surface area contributed by atoms with Crippen LogP contribution in [-0.2, 0) is 4.79 Å². The van der Waals surface area contributed by atoms with Crippen molar-refractivity contribution in [1.82, 2.24) is 4.90 Å². The molecule has 1 aliphatic rings. The first-order chi connectivity index (χ1) is 13.1. The van der Waals surface area contributed by atoms with Crippen molar-refractivity contribution in [2.24, 2.45) is 10.7 Å². The molecule has 0 aliphatic heterocycles. The van der Waals surface area contributed by atoms with E-state index in [0.29, 0.717) is 18.4 Å². The van der Waals surface area contributed by atoms with Crippen LogP contribution in [0, 0.1) is 0 Å². The number of halogens is 5. The van der Waals surface area contributed by atoms with Gasteiger partial charge < -0.3 is 10.6 Å². The molecule has 2 rings (SSSR count). The van der Waals surface area contributed by atoms with Crippen LogP contribution >= 0.6 is 31.9 Å². The predicted molar refractivity (Wildman–Crippen MR) is 112 cm³/mol. The first-order valence-corrected chi connectivity index (χ1v) is 10.1. The minimum absolute atomic E-state index is 0.203. The molecule has 1 aliphatic carbocycles. The van der Waals surface area contributed by atoms with Crippen molar-refractivity contribution in [3.05, 3.63) is 50.6 Å². The van der Waals surface area contributed by atoms with E-state index in [0.717, 1.165) is 21.6 Å². The van der Waals surface area contributed by atoms with E-state index in [4.69, 9.17) is 5.73 Å². The fourth-order valence-corrected chi connectivity index (χ4v) is 4.38. The fourth-order valence-electron chi connectivity index (χ4n) is 2.87. The van der Waals surface area contributed by atoms with Crippen molar-refractivity contribution in [2.75, 3.05) is 7.05 Å². The van der Waals surface area contributed by atoms with Crippen molar-refractivity contribution in [3.63, 3.8) is 0 Å². The molecule has 152 valence electrons. The van der Waals surface area contributed by atoms with Gasteiger partial charge in [0.2, 0.25) is 5.97 Å². The average molecular weight is 523 g/mol. The summed E-state index contributed by atoms with van der Waals surface area (Å²) in [5.41, 5.74) is 4.65. The van der Waals surface area contributed by atoms with Crippen LogP contribution in [0.15, 0.2) is 50.0 Å². The number of alkyl halides is 2. The third kappa shape index (κ3) is 4.68. The van der Waals surface area contributed by atoms with Crippen LogP contribution in [0.2, 0.25) is 0 Å². The second-order valence-electron chi connectivity index (χ2n) is 6.39. The summed E-state index contributed by atoms with van der Waals surface area (Å²) in [5, 5.41) is 0. The monoisotopic (exact) mass is 521 g/mol. The SMILES string of the molecule is C=C(c1c(Br)cccc1Br)C(C)N(C(=O)C(C(F)=NC)=C(N)C(F)F)C1CC1. The van der Waals surface area contributed by atoms with Crippen molar-refractivity contribution in [1.29, 1.82) is 0 Å². The molecule has 1 aromatic carbocycles. The Morgan fingerprint density at radius 1 is 1.32 bits per heavy atom. The van der Waals surface area contributed by atoms with Gasteiger partial charge in [-0.05, 0) is 37.5 Å². The summed E-state index contributed by atoms with van der Waals surface area (Å²) in [5.74, 6) is -2.23. The van der Waals surface area contributed by atoms with Gasteiger partial charge in [-0.3, -0.25) is 9.79 Å². The molecule has 28 heavy (non-hydrogen) atoms. The zero-order chi connectivity index (χ0) is 21.2. The van der Waals surface area contributed by atoms with E-state index < -0.39 is 35.6 Å². The van der Waals surface area contributed by atoms with Gasteiger partial charge in [0.25, 0.3) is 12.3 Å². The molecule has 0 aromatic heterocycles. The van der Waals surface area contributed by atoms with Crippen molar-refractivity contribution >= 4 is 49.3 Å². The van der Waals surface area contributed by atoms with Crippen LogP contribution in [0.25, 0.3) is 5.57 Å². The van der Waals surface area contributed by atoms with Crippen LogP contribution in [-0.4, -0.2) is 42.3 Å². The van der Waals surface area contributed by atoms with Gasteiger partial charge in [0.15, 0.2) is 0 Å². The van der Waals surface area contributed by atoms with Gasteiger partial charge in [-0.2, -0.15) is 4.39 Å². The Morgan fingerprint density at radius 2 is 1.86 bits per heavy atom. The number of aliphatic imine (C=N–C) groups is 1. The molecular formula is C19H20Br2F3N3O. The van der Waals surface area contributed by atoms with Gasteiger partial charge in [0, 0.05) is 27.6 Å². The quantitative estimate of drug-likeness (QED) is 0.401. The van der Waals surface area contributed by atoms with Crippen LogP contribution in [0.3, 0.4) is 0 Å². The number of nitrogens with zero attached hydrogens (tertiary/aromatic N) is 2. The van der Waals surface area contributed by atoms with Crippen LogP contribution in [0.5, 0.6) is 0 Å². The summed E-state index contributed by atoms with van der Waals surface area (Å²) in [4.78, 5) is 17.7. The number of rotatable bonds is 7. The molecule has 1 fully saturated rings. The van der Waals surface area contributed by atoms with Gasteiger partial charge in [0.1, 0.15) is 5.57 Å². The lowest BCUT2D eigenvalue weighted by atomic mass is 9.99. The maximum atomic E-state index is 14.2. The zero-order valence-corrected chi connectivity index (χ0v) is 18.5. The topological polar surface area (TPSA) is 58.7 Å². The Balaban J connectivity index is 2.48. The average Bonchev–Trinajstić information content (AvgIpc) is 3.46. The van der Waals surface area contributed by atoms with Gasteiger partial charge in [-0.15, -0.1) is 0 Å². The Bertz CT molecular complexity index is 831. The lowest BCUT2D eigenvalue weighted by Crippen LogP contribution is -2.43. The number of allylic oxidation sites excluding steroid dienone is 1. The van der Waals surface area contributed by atoms with Crippen LogP contribution in [0.4, 0.5) is 13.2 Å². The number of nitrogens with two attached hydrogens (primary N) is 1.